The van der Waals surface area contributed by atoms with E-state index in [1.165, 1.54) is 5.39 Å². The van der Waals surface area contributed by atoms with Crippen molar-refractivity contribution < 1.29 is 0 Å². The molecule has 0 aliphatic rings. The van der Waals surface area contributed by atoms with Gasteiger partial charge in [-0.1, -0.05) is 59.6 Å². The Labute approximate surface area is 127 Å². The first-order valence-electron chi connectivity index (χ1n) is 6.21. The van der Waals surface area contributed by atoms with E-state index in [0.29, 0.717) is 10.0 Å². The van der Waals surface area contributed by atoms with Gasteiger partial charge in [-0.15, -0.1) is 0 Å². The number of hydrogen-bond acceptors (Lipinski definition) is 1. The van der Waals surface area contributed by atoms with Crippen LogP contribution in [-0.4, -0.2) is 6.21 Å². The molecule has 0 heterocycles. The van der Waals surface area contributed by atoms with Crippen LogP contribution in [0.25, 0.3) is 10.8 Å². The van der Waals surface area contributed by atoms with Crippen LogP contribution in [0.5, 0.6) is 0 Å². The largest absolute Gasteiger partial charge is 0.256 e. The van der Waals surface area contributed by atoms with Crippen LogP contribution >= 0.6 is 23.2 Å². The molecule has 0 unspecified atom stereocenters. The van der Waals surface area contributed by atoms with Gasteiger partial charge in [-0.25, -0.2) is 0 Å². The molecule has 3 aromatic rings. The minimum atomic E-state index is 0.599. The lowest BCUT2D eigenvalue weighted by molar-refractivity contribution is 1.55. The maximum atomic E-state index is 6.12. The van der Waals surface area contributed by atoms with Gasteiger partial charge in [-0.3, -0.25) is 4.99 Å². The summed E-state index contributed by atoms with van der Waals surface area (Å²) in [4.78, 5) is 4.45. The van der Waals surface area contributed by atoms with Crippen molar-refractivity contribution in [3.63, 3.8) is 0 Å². The third kappa shape index (κ3) is 2.69. The van der Waals surface area contributed by atoms with Gasteiger partial charge in [0, 0.05) is 11.8 Å². The zero-order valence-corrected chi connectivity index (χ0v) is 12.1. The maximum absolute atomic E-state index is 6.12. The molecule has 0 N–H and O–H groups in total. The number of rotatable bonds is 2. The van der Waals surface area contributed by atoms with Crippen molar-refractivity contribution in [2.75, 3.05) is 0 Å². The van der Waals surface area contributed by atoms with E-state index in [4.69, 9.17) is 23.2 Å². The van der Waals surface area contributed by atoms with Gasteiger partial charge >= 0.3 is 0 Å². The molecule has 0 saturated heterocycles. The van der Waals surface area contributed by atoms with Crippen LogP contribution in [-0.2, 0) is 0 Å². The second-order valence-corrected chi connectivity index (χ2v) is 5.24. The van der Waals surface area contributed by atoms with Crippen molar-refractivity contribution in [2.24, 2.45) is 4.99 Å². The third-order valence-corrected chi connectivity index (χ3v) is 3.73. The third-order valence-electron chi connectivity index (χ3n) is 3.08. The molecule has 0 radical (unpaired) electrons. The normalized spacial score (nSPS) is 11.3. The Morgan fingerprint density at radius 3 is 2.20 bits per heavy atom. The number of fused-ring (bicyclic) bond motifs is 1. The summed E-state index contributed by atoms with van der Waals surface area (Å²) in [6.07, 6.45) is 1.70. The van der Waals surface area contributed by atoms with E-state index in [-0.39, 0.29) is 0 Å². The molecule has 1 nitrogen and oxygen atoms in total. The number of aliphatic imine (C=N–C) groups is 1. The van der Waals surface area contributed by atoms with Gasteiger partial charge in [0.05, 0.1) is 15.7 Å². The van der Waals surface area contributed by atoms with E-state index < -0.39 is 0 Å². The molecule has 0 fully saturated rings. The van der Waals surface area contributed by atoms with Gasteiger partial charge in [0.15, 0.2) is 0 Å². The quantitative estimate of drug-likeness (QED) is 0.523. The number of hydrogen-bond donors (Lipinski definition) is 0. The Hall–Kier alpha value is -1.83. The van der Waals surface area contributed by atoms with Gasteiger partial charge in [-0.05, 0) is 35.0 Å². The lowest BCUT2D eigenvalue weighted by Gasteiger charge is -2.01. The maximum Gasteiger partial charge on any atom is 0.0636 e. The second-order valence-electron chi connectivity index (χ2n) is 4.42. The first-order valence-corrected chi connectivity index (χ1v) is 6.96. The summed E-state index contributed by atoms with van der Waals surface area (Å²) in [6, 6.07) is 19.7. The zero-order chi connectivity index (χ0) is 13.9. The molecular weight excluding hydrogens is 289 g/mol. The van der Waals surface area contributed by atoms with Crippen LogP contribution in [0.2, 0.25) is 10.0 Å². The molecule has 0 saturated carbocycles. The summed E-state index contributed by atoms with van der Waals surface area (Å²) in [5, 5.41) is 3.55. The molecule has 0 atom stereocenters. The summed E-state index contributed by atoms with van der Waals surface area (Å²) in [6.45, 7) is 0. The summed E-state index contributed by atoms with van der Waals surface area (Å²) in [5.41, 5.74) is 1.61. The van der Waals surface area contributed by atoms with Crippen molar-refractivity contribution in [3.8, 4) is 0 Å². The van der Waals surface area contributed by atoms with Crippen LogP contribution in [0.15, 0.2) is 65.7 Å². The first-order chi connectivity index (χ1) is 9.74. The Kier molecular flexibility index (Phi) is 3.72. The van der Waals surface area contributed by atoms with E-state index in [1.807, 2.05) is 30.3 Å². The van der Waals surface area contributed by atoms with E-state index >= 15 is 0 Å². The molecule has 3 rings (SSSR count). The SMILES string of the molecule is Clc1cccc(Cl)c1C=Nc1ccc2ccccc2c1. The van der Waals surface area contributed by atoms with Crippen LogP contribution < -0.4 is 0 Å². The molecule has 0 aliphatic carbocycles. The average molecular weight is 300 g/mol. The van der Waals surface area contributed by atoms with Crippen LogP contribution in [0.3, 0.4) is 0 Å². The Bertz CT molecular complexity index is 774. The lowest BCUT2D eigenvalue weighted by atomic mass is 10.1. The lowest BCUT2D eigenvalue weighted by Crippen LogP contribution is -1.84. The van der Waals surface area contributed by atoms with Crippen molar-refractivity contribution in [3.05, 3.63) is 76.3 Å². The van der Waals surface area contributed by atoms with Crippen molar-refractivity contribution in [1.82, 2.24) is 0 Å². The summed E-state index contributed by atoms with van der Waals surface area (Å²) >= 11 is 12.2. The van der Waals surface area contributed by atoms with Crippen molar-refractivity contribution >= 4 is 45.9 Å². The van der Waals surface area contributed by atoms with Gasteiger partial charge in [0.25, 0.3) is 0 Å². The highest BCUT2D eigenvalue weighted by atomic mass is 35.5. The van der Waals surface area contributed by atoms with Crippen molar-refractivity contribution in [2.45, 2.75) is 0 Å². The monoisotopic (exact) mass is 299 g/mol. The first kappa shape index (κ1) is 13.2. The standard InChI is InChI=1S/C17H11Cl2N/c18-16-6-3-7-17(19)15(16)11-20-14-9-8-12-4-1-2-5-13(12)10-14/h1-11H. The highest BCUT2D eigenvalue weighted by molar-refractivity contribution is 6.38. The fourth-order valence-corrected chi connectivity index (χ4v) is 2.53. The van der Waals surface area contributed by atoms with E-state index in [0.717, 1.165) is 16.6 Å². The number of benzene rings is 3. The minimum Gasteiger partial charge on any atom is -0.256 e. The summed E-state index contributed by atoms with van der Waals surface area (Å²) < 4.78 is 0. The Balaban J connectivity index is 1.98. The Morgan fingerprint density at radius 1 is 0.750 bits per heavy atom. The van der Waals surface area contributed by atoms with Crippen molar-refractivity contribution in [1.29, 1.82) is 0 Å². The van der Waals surface area contributed by atoms with Gasteiger partial charge in [0.2, 0.25) is 0 Å². The van der Waals surface area contributed by atoms with Gasteiger partial charge in [0.1, 0.15) is 0 Å². The fraction of sp³-hybridized carbons (Fsp3) is 0. The average Bonchev–Trinajstić information content (AvgIpc) is 2.46. The van der Waals surface area contributed by atoms with E-state index in [1.54, 1.807) is 18.3 Å². The predicted octanol–water partition coefficient (Wildman–Crippen LogP) is 5.90. The highest BCUT2D eigenvalue weighted by Gasteiger charge is 2.02. The molecule has 0 aromatic heterocycles. The molecule has 0 aliphatic heterocycles. The van der Waals surface area contributed by atoms with Gasteiger partial charge < -0.3 is 0 Å². The van der Waals surface area contributed by atoms with Crippen LogP contribution in [0.4, 0.5) is 5.69 Å². The molecule has 3 heteroatoms. The molecule has 98 valence electrons. The summed E-state index contributed by atoms with van der Waals surface area (Å²) in [7, 11) is 0. The molecule has 0 spiro atoms. The molecule has 20 heavy (non-hydrogen) atoms. The summed E-state index contributed by atoms with van der Waals surface area (Å²) in [5.74, 6) is 0. The van der Waals surface area contributed by atoms with E-state index in [2.05, 4.69) is 23.2 Å². The van der Waals surface area contributed by atoms with Crippen LogP contribution in [0.1, 0.15) is 5.56 Å². The highest BCUT2D eigenvalue weighted by Crippen LogP contribution is 2.25. The fourth-order valence-electron chi connectivity index (χ4n) is 2.03. The smallest absolute Gasteiger partial charge is 0.0636 e. The minimum absolute atomic E-state index is 0.599. The molecular formula is C17H11Cl2N. The predicted molar refractivity (Wildman–Crippen MR) is 87.7 cm³/mol. The molecule has 3 aromatic carbocycles. The van der Waals surface area contributed by atoms with Gasteiger partial charge in [-0.2, -0.15) is 0 Å². The van der Waals surface area contributed by atoms with E-state index in [9.17, 15) is 0 Å². The number of halogens is 2. The second kappa shape index (κ2) is 5.66. The number of nitrogens with zero attached hydrogens (tertiary/aromatic N) is 1. The zero-order valence-electron chi connectivity index (χ0n) is 10.6. The van der Waals surface area contributed by atoms with Crippen LogP contribution in [0, 0.1) is 0 Å². The molecule has 0 bridgehead atoms. The molecule has 0 amide bonds. The topological polar surface area (TPSA) is 12.4 Å². The Morgan fingerprint density at radius 2 is 1.45 bits per heavy atom.